The van der Waals surface area contributed by atoms with Crippen molar-refractivity contribution in [2.45, 2.75) is 18.1 Å². The minimum Gasteiger partial charge on any atom is -0.308 e. The molecular formula is C7H15NS2. The molecule has 1 saturated heterocycles. The van der Waals surface area contributed by atoms with Crippen LogP contribution in [-0.2, 0) is 0 Å². The summed E-state index contributed by atoms with van der Waals surface area (Å²) in [6, 6.07) is 0. The third-order valence-corrected chi connectivity index (χ3v) is 4.50. The van der Waals surface area contributed by atoms with E-state index >= 15 is 0 Å². The van der Waals surface area contributed by atoms with Crippen molar-refractivity contribution in [3.8, 4) is 0 Å². The van der Waals surface area contributed by atoms with E-state index in [4.69, 9.17) is 0 Å². The van der Waals surface area contributed by atoms with Crippen LogP contribution in [0.1, 0.15) is 12.8 Å². The van der Waals surface area contributed by atoms with Crippen molar-refractivity contribution in [1.82, 2.24) is 4.90 Å². The monoisotopic (exact) mass is 177 g/mol. The molecule has 0 aromatic heterocycles. The van der Waals surface area contributed by atoms with Gasteiger partial charge in [0, 0.05) is 17.5 Å². The van der Waals surface area contributed by atoms with Crippen LogP contribution in [0.15, 0.2) is 0 Å². The molecule has 1 heterocycles. The van der Waals surface area contributed by atoms with Gasteiger partial charge >= 0.3 is 0 Å². The maximum absolute atomic E-state index is 2.28. The van der Waals surface area contributed by atoms with Crippen molar-refractivity contribution < 1.29 is 0 Å². The SMILES string of the molecule is CN(C)CC1CCCSS1. The van der Waals surface area contributed by atoms with Gasteiger partial charge in [-0.05, 0) is 26.9 Å². The summed E-state index contributed by atoms with van der Waals surface area (Å²) in [5.74, 6) is 1.36. The number of nitrogens with zero attached hydrogens (tertiary/aromatic N) is 1. The third-order valence-electron chi connectivity index (χ3n) is 1.53. The van der Waals surface area contributed by atoms with Crippen LogP contribution in [0.3, 0.4) is 0 Å². The Morgan fingerprint density at radius 1 is 1.50 bits per heavy atom. The van der Waals surface area contributed by atoms with E-state index in [9.17, 15) is 0 Å². The van der Waals surface area contributed by atoms with Crippen LogP contribution in [-0.4, -0.2) is 36.5 Å². The van der Waals surface area contributed by atoms with Gasteiger partial charge in [0.25, 0.3) is 0 Å². The molecule has 0 radical (unpaired) electrons. The molecular weight excluding hydrogens is 162 g/mol. The molecule has 1 rings (SSSR count). The summed E-state index contributed by atoms with van der Waals surface area (Å²) in [7, 11) is 8.41. The maximum Gasteiger partial charge on any atom is 0.0278 e. The number of hydrogen-bond acceptors (Lipinski definition) is 3. The second-order valence-electron chi connectivity index (χ2n) is 2.94. The van der Waals surface area contributed by atoms with Gasteiger partial charge in [-0.15, -0.1) is 0 Å². The standard InChI is InChI=1S/C7H15NS2/c1-8(2)6-7-4-3-5-9-10-7/h7H,3-6H2,1-2H3. The summed E-state index contributed by atoms with van der Waals surface area (Å²) in [5, 5.41) is 0.883. The van der Waals surface area contributed by atoms with E-state index in [1.165, 1.54) is 25.1 Å². The minimum atomic E-state index is 0.883. The minimum absolute atomic E-state index is 0.883. The summed E-state index contributed by atoms with van der Waals surface area (Å²) in [6.45, 7) is 1.25. The maximum atomic E-state index is 2.28. The Labute approximate surface area is 71.3 Å². The second-order valence-corrected chi connectivity index (χ2v) is 5.73. The first kappa shape index (κ1) is 8.75. The summed E-state index contributed by atoms with van der Waals surface area (Å²) in [5.41, 5.74) is 0. The predicted octanol–water partition coefficient (Wildman–Crippen LogP) is 2.09. The first-order chi connectivity index (χ1) is 4.79. The first-order valence-electron chi connectivity index (χ1n) is 3.72. The Morgan fingerprint density at radius 3 is 2.80 bits per heavy atom. The molecule has 0 aromatic rings. The third kappa shape index (κ3) is 3.17. The van der Waals surface area contributed by atoms with Gasteiger partial charge in [0.2, 0.25) is 0 Å². The lowest BCUT2D eigenvalue weighted by Crippen LogP contribution is -2.24. The van der Waals surface area contributed by atoms with Gasteiger partial charge in [0.15, 0.2) is 0 Å². The van der Waals surface area contributed by atoms with E-state index in [-0.39, 0.29) is 0 Å². The molecule has 0 amide bonds. The zero-order valence-corrected chi connectivity index (χ0v) is 8.30. The molecule has 10 heavy (non-hydrogen) atoms. The van der Waals surface area contributed by atoms with Gasteiger partial charge in [0.1, 0.15) is 0 Å². The Morgan fingerprint density at radius 2 is 2.30 bits per heavy atom. The zero-order valence-electron chi connectivity index (χ0n) is 6.67. The van der Waals surface area contributed by atoms with Crippen LogP contribution in [0.5, 0.6) is 0 Å². The lowest BCUT2D eigenvalue weighted by Gasteiger charge is -2.23. The van der Waals surface area contributed by atoms with E-state index in [0.29, 0.717) is 0 Å². The fourth-order valence-corrected chi connectivity index (χ4v) is 3.98. The number of rotatable bonds is 2. The van der Waals surface area contributed by atoms with E-state index in [1.54, 1.807) is 0 Å². The highest BCUT2D eigenvalue weighted by atomic mass is 33.1. The molecule has 3 heteroatoms. The fraction of sp³-hybridized carbons (Fsp3) is 1.00. The van der Waals surface area contributed by atoms with Crippen molar-refractivity contribution in [3.05, 3.63) is 0 Å². The largest absolute Gasteiger partial charge is 0.308 e. The quantitative estimate of drug-likeness (QED) is 0.595. The van der Waals surface area contributed by atoms with Crippen molar-refractivity contribution >= 4 is 21.6 Å². The molecule has 1 aliphatic rings. The summed E-state index contributed by atoms with van der Waals surface area (Å²) < 4.78 is 0. The zero-order chi connectivity index (χ0) is 7.40. The molecule has 1 atom stereocenters. The van der Waals surface area contributed by atoms with Gasteiger partial charge < -0.3 is 4.90 Å². The average Bonchev–Trinajstić information content (AvgIpc) is 1.88. The highest BCUT2D eigenvalue weighted by Gasteiger charge is 2.14. The molecule has 0 N–H and O–H groups in total. The van der Waals surface area contributed by atoms with E-state index < -0.39 is 0 Å². The molecule has 0 aliphatic carbocycles. The van der Waals surface area contributed by atoms with Crippen molar-refractivity contribution in [2.24, 2.45) is 0 Å². The van der Waals surface area contributed by atoms with Crippen molar-refractivity contribution in [1.29, 1.82) is 0 Å². The molecule has 0 saturated carbocycles. The van der Waals surface area contributed by atoms with Gasteiger partial charge in [-0.1, -0.05) is 21.6 Å². The van der Waals surface area contributed by atoms with E-state index in [1.807, 2.05) is 10.8 Å². The molecule has 1 unspecified atom stereocenters. The lowest BCUT2D eigenvalue weighted by atomic mass is 10.2. The molecule has 60 valence electrons. The highest BCUT2D eigenvalue weighted by Crippen LogP contribution is 2.35. The van der Waals surface area contributed by atoms with Crippen LogP contribution < -0.4 is 0 Å². The molecule has 1 nitrogen and oxygen atoms in total. The highest BCUT2D eigenvalue weighted by molar-refractivity contribution is 8.77. The van der Waals surface area contributed by atoms with E-state index in [0.717, 1.165) is 5.25 Å². The average molecular weight is 177 g/mol. The Hall–Kier alpha value is 0.660. The molecule has 0 bridgehead atoms. The Kier molecular flexibility index (Phi) is 3.96. The van der Waals surface area contributed by atoms with Crippen LogP contribution >= 0.6 is 21.6 Å². The molecule has 0 aromatic carbocycles. The smallest absolute Gasteiger partial charge is 0.0278 e. The van der Waals surface area contributed by atoms with Gasteiger partial charge in [0.05, 0.1) is 0 Å². The van der Waals surface area contributed by atoms with Crippen molar-refractivity contribution in [2.75, 3.05) is 26.4 Å². The summed E-state index contributed by atoms with van der Waals surface area (Å²) in [4.78, 5) is 2.28. The second kappa shape index (κ2) is 4.52. The van der Waals surface area contributed by atoms with Gasteiger partial charge in [-0.25, -0.2) is 0 Å². The van der Waals surface area contributed by atoms with Crippen LogP contribution in [0.2, 0.25) is 0 Å². The van der Waals surface area contributed by atoms with Crippen LogP contribution in [0.4, 0.5) is 0 Å². The molecule has 1 aliphatic heterocycles. The predicted molar refractivity (Wildman–Crippen MR) is 51.6 cm³/mol. The molecule has 1 fully saturated rings. The van der Waals surface area contributed by atoms with Gasteiger partial charge in [-0.3, -0.25) is 0 Å². The van der Waals surface area contributed by atoms with Gasteiger partial charge in [-0.2, -0.15) is 0 Å². The summed E-state index contributed by atoms with van der Waals surface area (Å²) >= 11 is 0. The van der Waals surface area contributed by atoms with Crippen molar-refractivity contribution in [3.63, 3.8) is 0 Å². The normalized spacial score (nSPS) is 27.3. The Bertz CT molecular complexity index is 89.6. The topological polar surface area (TPSA) is 3.24 Å². The van der Waals surface area contributed by atoms with E-state index in [2.05, 4.69) is 29.8 Å². The van der Waals surface area contributed by atoms with Crippen LogP contribution in [0, 0.1) is 0 Å². The first-order valence-corrected chi connectivity index (χ1v) is 6.10. The Balaban J connectivity index is 2.13. The lowest BCUT2D eigenvalue weighted by molar-refractivity contribution is 0.400. The summed E-state index contributed by atoms with van der Waals surface area (Å²) in [6.07, 6.45) is 2.83. The van der Waals surface area contributed by atoms with Crippen LogP contribution in [0.25, 0.3) is 0 Å². The fourth-order valence-electron chi connectivity index (χ4n) is 1.09. The number of hydrogen-bond donors (Lipinski definition) is 0. The molecule has 0 spiro atoms.